The van der Waals surface area contributed by atoms with E-state index in [9.17, 15) is 14.0 Å². The second-order valence-corrected chi connectivity index (χ2v) is 5.72. The monoisotopic (exact) mass is 322 g/mol. The van der Waals surface area contributed by atoms with Crippen molar-refractivity contribution in [3.05, 3.63) is 29.6 Å². The lowest BCUT2D eigenvalue weighted by Crippen LogP contribution is -2.42. The zero-order valence-electron chi connectivity index (χ0n) is 13.0. The number of methoxy groups -OCH3 is 1. The number of cyclic esters (lactones) is 1. The van der Waals surface area contributed by atoms with Crippen LogP contribution in [0.2, 0.25) is 0 Å². The smallest absolute Gasteiger partial charge is 0.414 e. The second kappa shape index (κ2) is 6.54. The van der Waals surface area contributed by atoms with Crippen LogP contribution in [0.4, 0.5) is 14.9 Å². The molecule has 3 rings (SSSR count). The fourth-order valence-electron chi connectivity index (χ4n) is 3.01. The van der Waals surface area contributed by atoms with Crippen LogP contribution in [0.25, 0.3) is 0 Å². The van der Waals surface area contributed by atoms with Gasteiger partial charge in [0.05, 0.1) is 24.8 Å². The molecule has 0 N–H and O–H groups in total. The summed E-state index contributed by atoms with van der Waals surface area (Å²) in [4.78, 5) is 27.5. The third-order valence-electron chi connectivity index (χ3n) is 4.23. The molecule has 2 aliphatic heterocycles. The summed E-state index contributed by atoms with van der Waals surface area (Å²) in [5.41, 5.74) is 1.22. The summed E-state index contributed by atoms with van der Waals surface area (Å²) in [6, 6.07) is 4.11. The third-order valence-corrected chi connectivity index (χ3v) is 4.23. The minimum Gasteiger partial charge on any atom is -0.447 e. The molecule has 0 saturated carbocycles. The first-order valence-corrected chi connectivity index (χ1v) is 7.61. The number of hydrogen-bond acceptors (Lipinski definition) is 4. The van der Waals surface area contributed by atoms with Crippen molar-refractivity contribution in [2.24, 2.45) is 0 Å². The number of ether oxygens (including phenoxy) is 2. The molecule has 2 aliphatic rings. The Morgan fingerprint density at radius 1 is 1.48 bits per heavy atom. The van der Waals surface area contributed by atoms with E-state index in [0.717, 1.165) is 5.56 Å². The standard InChI is InChI=1S/C16H19FN2O4/c1-22-7-5-15(20)18-6-4-13-10-23-16(21)19(13)14-8-12(17)3-2-11(14)9-18/h2-3,8,13H,4-7,9-10H2,1H3/t13-/m0/s1. The number of carbonyl (C=O) groups excluding carboxylic acids is 2. The van der Waals surface area contributed by atoms with E-state index in [-0.39, 0.29) is 18.6 Å². The number of amides is 2. The van der Waals surface area contributed by atoms with Crippen molar-refractivity contribution >= 4 is 17.7 Å². The minimum atomic E-state index is -0.457. The van der Waals surface area contributed by atoms with Crippen LogP contribution in [0.15, 0.2) is 18.2 Å². The highest BCUT2D eigenvalue weighted by Gasteiger charge is 2.37. The summed E-state index contributed by atoms with van der Waals surface area (Å²) < 4.78 is 23.7. The van der Waals surface area contributed by atoms with Gasteiger partial charge in [0, 0.05) is 20.2 Å². The summed E-state index contributed by atoms with van der Waals surface area (Å²) in [5.74, 6) is -0.430. The summed E-state index contributed by atoms with van der Waals surface area (Å²) in [5, 5.41) is 0. The molecular formula is C16H19FN2O4. The fraction of sp³-hybridized carbons (Fsp3) is 0.500. The molecule has 2 heterocycles. The molecule has 0 aromatic heterocycles. The number of fused-ring (bicyclic) bond motifs is 3. The van der Waals surface area contributed by atoms with Gasteiger partial charge in [-0.15, -0.1) is 0 Å². The summed E-state index contributed by atoms with van der Waals surface area (Å²) in [7, 11) is 1.55. The van der Waals surface area contributed by atoms with Crippen molar-refractivity contribution in [2.75, 3.05) is 31.8 Å². The predicted octanol–water partition coefficient (Wildman–Crippen LogP) is 1.92. The van der Waals surface area contributed by atoms with Gasteiger partial charge in [-0.3, -0.25) is 9.69 Å². The first-order chi connectivity index (χ1) is 11.1. The van der Waals surface area contributed by atoms with Gasteiger partial charge in [0.25, 0.3) is 0 Å². The van der Waals surface area contributed by atoms with Gasteiger partial charge in [-0.25, -0.2) is 9.18 Å². The van der Waals surface area contributed by atoms with Crippen LogP contribution in [0.1, 0.15) is 18.4 Å². The highest BCUT2D eigenvalue weighted by atomic mass is 19.1. The van der Waals surface area contributed by atoms with Gasteiger partial charge in [0.15, 0.2) is 0 Å². The average molecular weight is 322 g/mol. The van der Waals surface area contributed by atoms with Gasteiger partial charge in [0.1, 0.15) is 12.4 Å². The van der Waals surface area contributed by atoms with Crippen LogP contribution in [-0.4, -0.2) is 49.8 Å². The maximum atomic E-state index is 13.7. The van der Waals surface area contributed by atoms with Crippen LogP contribution in [0.3, 0.4) is 0 Å². The number of carbonyl (C=O) groups is 2. The molecule has 23 heavy (non-hydrogen) atoms. The van der Waals surface area contributed by atoms with E-state index in [0.29, 0.717) is 38.2 Å². The normalized spacial score (nSPS) is 20.4. The quantitative estimate of drug-likeness (QED) is 0.853. The van der Waals surface area contributed by atoms with Crippen molar-refractivity contribution in [3.8, 4) is 0 Å². The molecule has 124 valence electrons. The number of hydrogen-bond donors (Lipinski definition) is 0. The van der Waals surface area contributed by atoms with Gasteiger partial charge in [-0.2, -0.15) is 0 Å². The number of anilines is 1. The van der Waals surface area contributed by atoms with Crippen LogP contribution in [-0.2, 0) is 20.8 Å². The van der Waals surface area contributed by atoms with E-state index in [1.54, 1.807) is 18.1 Å². The fourth-order valence-corrected chi connectivity index (χ4v) is 3.01. The number of halogens is 1. The van der Waals surface area contributed by atoms with Crippen LogP contribution >= 0.6 is 0 Å². The molecule has 1 aromatic carbocycles. The highest BCUT2D eigenvalue weighted by Crippen LogP contribution is 2.32. The maximum Gasteiger partial charge on any atom is 0.414 e. The lowest BCUT2D eigenvalue weighted by molar-refractivity contribution is -0.132. The molecule has 1 fully saturated rings. The highest BCUT2D eigenvalue weighted by molar-refractivity contribution is 5.91. The Morgan fingerprint density at radius 3 is 3.09 bits per heavy atom. The van der Waals surface area contributed by atoms with E-state index in [1.165, 1.54) is 17.0 Å². The van der Waals surface area contributed by atoms with Crippen molar-refractivity contribution in [2.45, 2.75) is 25.4 Å². The van der Waals surface area contributed by atoms with E-state index in [2.05, 4.69) is 0 Å². The molecule has 0 aliphatic carbocycles. The van der Waals surface area contributed by atoms with E-state index >= 15 is 0 Å². The Hall–Kier alpha value is -2.15. The Morgan fingerprint density at radius 2 is 2.30 bits per heavy atom. The summed E-state index contributed by atoms with van der Waals surface area (Å²) in [6.45, 7) is 1.49. The molecule has 6 nitrogen and oxygen atoms in total. The van der Waals surface area contributed by atoms with E-state index in [4.69, 9.17) is 9.47 Å². The van der Waals surface area contributed by atoms with Gasteiger partial charge in [-0.1, -0.05) is 6.07 Å². The molecular weight excluding hydrogens is 303 g/mol. The molecule has 0 radical (unpaired) electrons. The average Bonchev–Trinajstić information content (AvgIpc) is 2.88. The molecule has 1 saturated heterocycles. The van der Waals surface area contributed by atoms with Crippen molar-refractivity contribution in [1.29, 1.82) is 0 Å². The van der Waals surface area contributed by atoms with Crippen LogP contribution in [0.5, 0.6) is 0 Å². The van der Waals surface area contributed by atoms with Gasteiger partial charge < -0.3 is 14.4 Å². The molecule has 7 heteroatoms. The van der Waals surface area contributed by atoms with Gasteiger partial charge in [0.2, 0.25) is 5.91 Å². The Balaban J connectivity index is 1.92. The lowest BCUT2D eigenvalue weighted by Gasteiger charge is -2.32. The SMILES string of the molecule is COCCC(=O)N1CC[C@H]2COC(=O)N2c2cc(F)ccc2C1. The van der Waals surface area contributed by atoms with Crippen LogP contribution < -0.4 is 4.90 Å². The number of benzene rings is 1. The molecule has 1 aromatic rings. The molecule has 0 spiro atoms. The number of nitrogens with zero attached hydrogens (tertiary/aromatic N) is 2. The van der Waals surface area contributed by atoms with Crippen molar-refractivity contribution in [1.82, 2.24) is 4.90 Å². The van der Waals surface area contributed by atoms with Crippen molar-refractivity contribution in [3.63, 3.8) is 0 Å². The molecule has 0 bridgehead atoms. The molecule has 2 amide bonds. The minimum absolute atomic E-state index is 0.0131. The molecule has 0 unspecified atom stereocenters. The first kappa shape index (κ1) is 15.7. The predicted molar refractivity (Wildman–Crippen MR) is 80.5 cm³/mol. The Labute approximate surface area is 133 Å². The lowest BCUT2D eigenvalue weighted by atomic mass is 10.0. The van der Waals surface area contributed by atoms with E-state index < -0.39 is 11.9 Å². The Bertz CT molecular complexity index is 622. The number of rotatable bonds is 3. The summed E-state index contributed by atoms with van der Waals surface area (Å²) in [6.07, 6.45) is 0.443. The van der Waals surface area contributed by atoms with Crippen LogP contribution in [0, 0.1) is 5.82 Å². The van der Waals surface area contributed by atoms with Gasteiger partial charge in [-0.05, 0) is 24.1 Å². The first-order valence-electron chi connectivity index (χ1n) is 7.61. The molecule has 1 atom stereocenters. The zero-order chi connectivity index (χ0) is 16.4. The summed E-state index contributed by atoms with van der Waals surface area (Å²) >= 11 is 0. The van der Waals surface area contributed by atoms with Gasteiger partial charge >= 0.3 is 6.09 Å². The maximum absolute atomic E-state index is 13.7. The zero-order valence-corrected chi connectivity index (χ0v) is 13.0. The second-order valence-electron chi connectivity index (χ2n) is 5.72. The largest absolute Gasteiger partial charge is 0.447 e. The van der Waals surface area contributed by atoms with E-state index in [1.807, 2.05) is 0 Å². The van der Waals surface area contributed by atoms with Crippen molar-refractivity contribution < 1.29 is 23.5 Å². The topological polar surface area (TPSA) is 59.1 Å². The Kier molecular flexibility index (Phi) is 4.47. The third kappa shape index (κ3) is 3.14.